The van der Waals surface area contributed by atoms with Gasteiger partial charge in [0, 0.05) is 23.2 Å². The molecule has 0 atom stereocenters. The molecule has 8 nitrogen and oxygen atoms in total. The molecule has 0 fully saturated rings. The monoisotopic (exact) mass is 429 g/mol. The van der Waals surface area contributed by atoms with Gasteiger partial charge in [-0.2, -0.15) is 0 Å². The van der Waals surface area contributed by atoms with Gasteiger partial charge >= 0.3 is 0 Å². The molecule has 0 aliphatic carbocycles. The SMILES string of the molecule is CC(C)c1cc(CNC(=O)c2ccc(C(N)=O)cc2)c(O)c(-n2nc3ccccc3n2)c1. The molecule has 3 aromatic carbocycles. The fraction of sp³-hybridized carbons (Fsp3) is 0.167. The minimum Gasteiger partial charge on any atom is -0.505 e. The lowest BCUT2D eigenvalue weighted by Crippen LogP contribution is -2.23. The number of carbonyl (C=O) groups is 2. The number of hydrogen-bond acceptors (Lipinski definition) is 5. The van der Waals surface area contributed by atoms with E-state index in [4.69, 9.17) is 5.73 Å². The summed E-state index contributed by atoms with van der Waals surface area (Å²) in [5.41, 5.74) is 9.36. The van der Waals surface area contributed by atoms with Crippen LogP contribution in [0.3, 0.4) is 0 Å². The van der Waals surface area contributed by atoms with Gasteiger partial charge in [-0.1, -0.05) is 26.0 Å². The van der Waals surface area contributed by atoms with Crippen LogP contribution in [0.4, 0.5) is 0 Å². The number of primary amides is 1. The zero-order valence-electron chi connectivity index (χ0n) is 17.7. The third-order valence-corrected chi connectivity index (χ3v) is 5.23. The summed E-state index contributed by atoms with van der Waals surface area (Å²) in [6, 6.07) is 17.2. The maximum absolute atomic E-state index is 12.6. The maximum atomic E-state index is 12.6. The average Bonchev–Trinajstić information content (AvgIpc) is 3.22. The number of nitrogens with one attached hydrogen (secondary N) is 1. The van der Waals surface area contributed by atoms with Crippen LogP contribution >= 0.6 is 0 Å². The second-order valence-electron chi connectivity index (χ2n) is 7.80. The number of hydrogen-bond donors (Lipinski definition) is 3. The second kappa shape index (κ2) is 8.50. The molecular formula is C24H23N5O3. The molecule has 4 N–H and O–H groups in total. The van der Waals surface area contributed by atoms with E-state index in [1.54, 1.807) is 0 Å². The van der Waals surface area contributed by atoms with Crippen LogP contribution in [0.1, 0.15) is 51.6 Å². The Morgan fingerprint density at radius 2 is 1.59 bits per heavy atom. The van der Waals surface area contributed by atoms with E-state index in [9.17, 15) is 14.7 Å². The Morgan fingerprint density at radius 3 is 2.16 bits per heavy atom. The topological polar surface area (TPSA) is 123 Å². The number of phenols is 1. The normalized spacial score (nSPS) is 11.1. The molecule has 0 spiro atoms. The quantitative estimate of drug-likeness (QED) is 0.434. The number of aromatic nitrogens is 3. The molecule has 1 aromatic heterocycles. The standard InChI is InChI=1S/C24H23N5O3/c1-14(2)17-11-18(13-26-24(32)16-9-7-15(8-10-16)23(25)31)22(30)21(12-17)29-27-19-5-3-4-6-20(19)28-29/h3-12,14,30H,13H2,1-2H3,(H2,25,31)(H,26,32). The van der Waals surface area contributed by atoms with E-state index in [0.29, 0.717) is 22.4 Å². The van der Waals surface area contributed by atoms with Gasteiger partial charge in [-0.15, -0.1) is 15.0 Å². The predicted molar refractivity (Wildman–Crippen MR) is 121 cm³/mol. The highest BCUT2D eigenvalue weighted by Crippen LogP contribution is 2.31. The van der Waals surface area contributed by atoms with Crippen LogP contribution in [0.25, 0.3) is 16.7 Å². The van der Waals surface area contributed by atoms with Gasteiger partial charge in [0.15, 0.2) is 0 Å². The van der Waals surface area contributed by atoms with Crippen molar-refractivity contribution in [1.82, 2.24) is 20.3 Å². The lowest BCUT2D eigenvalue weighted by atomic mass is 9.99. The maximum Gasteiger partial charge on any atom is 0.251 e. The zero-order valence-corrected chi connectivity index (χ0v) is 17.7. The number of rotatable bonds is 6. The van der Waals surface area contributed by atoms with Crippen LogP contribution in [0.2, 0.25) is 0 Å². The van der Waals surface area contributed by atoms with Crippen molar-refractivity contribution in [3.63, 3.8) is 0 Å². The lowest BCUT2D eigenvalue weighted by molar-refractivity contribution is 0.0948. The number of carbonyl (C=O) groups excluding carboxylic acids is 2. The molecule has 2 amide bonds. The molecular weight excluding hydrogens is 406 g/mol. The Morgan fingerprint density at radius 1 is 1.00 bits per heavy atom. The first-order chi connectivity index (χ1) is 15.3. The molecule has 32 heavy (non-hydrogen) atoms. The molecule has 0 aliphatic heterocycles. The Labute approximate surface area is 184 Å². The Bertz CT molecular complexity index is 1280. The molecule has 0 aliphatic rings. The smallest absolute Gasteiger partial charge is 0.251 e. The first kappa shape index (κ1) is 21.0. The first-order valence-corrected chi connectivity index (χ1v) is 10.2. The third-order valence-electron chi connectivity index (χ3n) is 5.23. The molecule has 4 rings (SSSR count). The van der Waals surface area contributed by atoms with Gasteiger partial charge < -0.3 is 16.2 Å². The number of fused-ring (bicyclic) bond motifs is 1. The van der Waals surface area contributed by atoms with E-state index in [0.717, 1.165) is 16.6 Å². The average molecular weight is 429 g/mol. The van der Waals surface area contributed by atoms with E-state index < -0.39 is 5.91 Å². The van der Waals surface area contributed by atoms with Crippen LogP contribution in [-0.4, -0.2) is 31.9 Å². The van der Waals surface area contributed by atoms with Crippen molar-refractivity contribution < 1.29 is 14.7 Å². The Hall–Kier alpha value is -4.20. The summed E-state index contributed by atoms with van der Waals surface area (Å²) in [5.74, 6) is -0.700. The van der Waals surface area contributed by atoms with E-state index in [-0.39, 0.29) is 24.1 Å². The number of benzene rings is 3. The molecule has 1 heterocycles. The van der Waals surface area contributed by atoms with E-state index >= 15 is 0 Å². The van der Waals surface area contributed by atoms with Crippen molar-refractivity contribution in [2.45, 2.75) is 26.3 Å². The molecule has 8 heteroatoms. The number of amides is 2. The molecule has 0 radical (unpaired) electrons. The largest absolute Gasteiger partial charge is 0.505 e. The Kier molecular flexibility index (Phi) is 5.59. The summed E-state index contributed by atoms with van der Waals surface area (Å²) in [4.78, 5) is 25.2. The van der Waals surface area contributed by atoms with Gasteiger partial charge in [-0.05, 0) is 60.0 Å². The number of aromatic hydroxyl groups is 1. The second-order valence-corrected chi connectivity index (χ2v) is 7.80. The molecule has 162 valence electrons. The Balaban J connectivity index is 1.63. The van der Waals surface area contributed by atoms with Crippen molar-refractivity contribution in [3.05, 3.63) is 82.9 Å². The predicted octanol–water partition coefficient (Wildman–Crippen LogP) is 3.28. The van der Waals surface area contributed by atoms with Crippen LogP contribution < -0.4 is 11.1 Å². The van der Waals surface area contributed by atoms with Gasteiger partial charge in [0.2, 0.25) is 5.91 Å². The summed E-state index contributed by atoms with van der Waals surface area (Å²) in [6.07, 6.45) is 0. The fourth-order valence-corrected chi connectivity index (χ4v) is 3.35. The minimum absolute atomic E-state index is 0.000850. The van der Waals surface area contributed by atoms with Crippen molar-refractivity contribution in [3.8, 4) is 11.4 Å². The van der Waals surface area contributed by atoms with E-state index in [2.05, 4.69) is 15.5 Å². The van der Waals surface area contributed by atoms with Crippen LogP contribution in [0.5, 0.6) is 5.75 Å². The molecule has 0 bridgehead atoms. The van der Waals surface area contributed by atoms with E-state index in [1.165, 1.54) is 29.1 Å². The van der Waals surface area contributed by atoms with Crippen molar-refractivity contribution in [2.24, 2.45) is 5.73 Å². The lowest BCUT2D eigenvalue weighted by Gasteiger charge is -2.15. The number of nitrogens with zero attached hydrogens (tertiary/aromatic N) is 3. The van der Waals surface area contributed by atoms with Gasteiger partial charge in [0.25, 0.3) is 5.91 Å². The van der Waals surface area contributed by atoms with Crippen LogP contribution in [-0.2, 0) is 6.54 Å². The highest BCUT2D eigenvalue weighted by Gasteiger charge is 2.17. The van der Waals surface area contributed by atoms with Crippen LogP contribution in [0.15, 0.2) is 60.7 Å². The zero-order chi connectivity index (χ0) is 22.8. The summed E-state index contributed by atoms with van der Waals surface area (Å²) >= 11 is 0. The van der Waals surface area contributed by atoms with Gasteiger partial charge in [0.1, 0.15) is 22.5 Å². The van der Waals surface area contributed by atoms with Crippen molar-refractivity contribution in [1.29, 1.82) is 0 Å². The van der Waals surface area contributed by atoms with Crippen molar-refractivity contribution >= 4 is 22.8 Å². The highest BCUT2D eigenvalue weighted by molar-refractivity contribution is 5.97. The first-order valence-electron chi connectivity index (χ1n) is 10.2. The summed E-state index contributed by atoms with van der Waals surface area (Å²) in [5, 5.41) is 22.7. The van der Waals surface area contributed by atoms with E-state index in [1.807, 2.05) is 50.2 Å². The van der Waals surface area contributed by atoms with Crippen molar-refractivity contribution in [2.75, 3.05) is 0 Å². The molecule has 0 saturated carbocycles. The summed E-state index contributed by atoms with van der Waals surface area (Å²) < 4.78 is 0. The fourth-order valence-electron chi connectivity index (χ4n) is 3.35. The van der Waals surface area contributed by atoms with Gasteiger partial charge in [0.05, 0.1) is 0 Å². The minimum atomic E-state index is -0.556. The van der Waals surface area contributed by atoms with Gasteiger partial charge in [-0.25, -0.2) is 0 Å². The number of phenolic OH excluding ortho intramolecular Hbond substituents is 1. The number of nitrogens with two attached hydrogens (primary N) is 1. The van der Waals surface area contributed by atoms with Gasteiger partial charge in [-0.3, -0.25) is 9.59 Å². The molecule has 0 unspecified atom stereocenters. The third kappa shape index (κ3) is 4.15. The summed E-state index contributed by atoms with van der Waals surface area (Å²) in [7, 11) is 0. The highest BCUT2D eigenvalue weighted by atomic mass is 16.3. The van der Waals surface area contributed by atoms with Crippen LogP contribution in [0, 0.1) is 0 Å². The molecule has 4 aromatic rings. The summed E-state index contributed by atoms with van der Waals surface area (Å²) in [6.45, 7) is 4.20. The molecule has 0 saturated heterocycles.